The molecule has 0 amide bonds. The fourth-order valence-electron chi connectivity index (χ4n) is 1.85. The van der Waals surface area contributed by atoms with Crippen molar-refractivity contribution in [2.24, 2.45) is 0 Å². The van der Waals surface area contributed by atoms with Crippen LogP contribution in [0.3, 0.4) is 0 Å². The van der Waals surface area contributed by atoms with Gasteiger partial charge in [0.25, 0.3) is 0 Å². The van der Waals surface area contributed by atoms with Gasteiger partial charge in [0, 0.05) is 46.0 Å². The van der Waals surface area contributed by atoms with Crippen molar-refractivity contribution in [1.82, 2.24) is 0 Å². The summed E-state index contributed by atoms with van der Waals surface area (Å²) in [6.45, 7) is 0. The van der Waals surface area contributed by atoms with Crippen molar-refractivity contribution in [3.8, 4) is 0 Å². The molecule has 4 rings (SSSR count). The zero-order chi connectivity index (χ0) is 16.0. The van der Waals surface area contributed by atoms with Gasteiger partial charge in [0.2, 0.25) is 0 Å². The van der Waals surface area contributed by atoms with Crippen molar-refractivity contribution < 1.29 is 34.1 Å². The molecule has 0 saturated heterocycles. The van der Waals surface area contributed by atoms with Crippen molar-refractivity contribution in [3.05, 3.63) is 145 Å². The normalized spacial score (nSPS) is 22.4. The second-order valence-electron chi connectivity index (χ2n) is 4.82. The van der Waals surface area contributed by atoms with E-state index in [2.05, 4.69) is 31.4 Å². The first-order valence-corrected chi connectivity index (χ1v) is 7.64. The third kappa shape index (κ3) is 13.4. The van der Waals surface area contributed by atoms with E-state index in [0.717, 1.165) is 0 Å². The summed E-state index contributed by atoms with van der Waals surface area (Å²) in [4.78, 5) is 0. The van der Waals surface area contributed by atoms with Crippen LogP contribution in [0, 0.1) is 127 Å². The first kappa shape index (κ1) is 25.6. The van der Waals surface area contributed by atoms with Crippen LogP contribution in [0.1, 0.15) is 0 Å². The van der Waals surface area contributed by atoms with Crippen molar-refractivity contribution in [1.29, 1.82) is 0 Å². The Balaban J connectivity index is 0.000000400. The molecule has 0 aromatic carbocycles. The van der Waals surface area contributed by atoms with Crippen LogP contribution in [-0.4, -0.2) is 0 Å². The third-order valence-corrected chi connectivity index (χ3v) is 2.99. The summed E-state index contributed by atoms with van der Waals surface area (Å²) in [7, 11) is 0. The molecule has 2 heteroatoms. The molecule has 0 nitrogen and oxygen atoms in total. The second-order valence-corrected chi connectivity index (χ2v) is 4.82. The van der Waals surface area contributed by atoms with Crippen molar-refractivity contribution in [2.75, 3.05) is 0 Å². The average molecular weight is 408 g/mol. The minimum atomic E-state index is 0. The smallest absolute Gasteiger partial charge is 0.0128 e. The zero-order valence-electron chi connectivity index (χ0n) is 13.8. The topological polar surface area (TPSA) is 0 Å². The van der Waals surface area contributed by atoms with Crippen LogP contribution in [-0.2, 0) is 34.1 Å². The quantitative estimate of drug-likeness (QED) is 0.465. The van der Waals surface area contributed by atoms with E-state index in [9.17, 15) is 0 Å². The summed E-state index contributed by atoms with van der Waals surface area (Å²) in [5, 5.41) is 0. The largest absolute Gasteiger partial charge is 0.128 e. The van der Waals surface area contributed by atoms with Gasteiger partial charge in [-0.1, -0.05) is 0 Å². The summed E-state index contributed by atoms with van der Waals surface area (Å²) >= 11 is 0. The van der Waals surface area contributed by atoms with E-state index in [-0.39, 0.29) is 34.1 Å². The maximum atomic E-state index is 3.14. The molecule has 4 fully saturated rings. The Bertz CT molecular complexity index is 279. The maximum absolute atomic E-state index is 3.14. The number of allylic oxidation sites excluding steroid dienone is 1. The number of rotatable bonds is 2. The molecule has 0 unspecified atom stereocenters. The Morgan fingerprint density at radius 3 is 0.880 bits per heavy atom. The fourth-order valence-corrected chi connectivity index (χ4v) is 1.85. The Kier molecular flexibility index (Phi) is 18.3. The van der Waals surface area contributed by atoms with E-state index in [1.54, 1.807) is 0 Å². The van der Waals surface area contributed by atoms with Crippen molar-refractivity contribution in [3.63, 3.8) is 0 Å². The monoisotopic (exact) mass is 408 g/mol. The first-order chi connectivity index (χ1) is 11.4. The van der Waals surface area contributed by atoms with Gasteiger partial charge in [-0.05, 0) is 128 Å². The zero-order valence-corrected chi connectivity index (χ0v) is 16.0. The molecule has 20 radical (unpaired) electrons. The molecule has 4 saturated carbocycles. The van der Waals surface area contributed by atoms with E-state index >= 15 is 0 Å². The molecular formula is C23H20Fe2. The Morgan fingerprint density at radius 1 is 0.400 bits per heavy atom. The van der Waals surface area contributed by atoms with Gasteiger partial charge in [-0.2, -0.15) is 0 Å². The molecule has 0 spiro atoms. The molecule has 0 aromatic heterocycles. The van der Waals surface area contributed by atoms with Crippen LogP contribution in [0.15, 0.2) is 17.9 Å². The van der Waals surface area contributed by atoms with Gasteiger partial charge in [-0.25, -0.2) is 0 Å². The fraction of sp³-hybridized carbons (Fsp3) is 0. The standard InChI is InChI=1S/C13H10.2C5H5.2Fe/c1-2-7-12(6-1)10-5-11-13-8-3-4-9-13;2*1-2-4-5-3-1;;/h1-4,6-11H;2*1-5H;;. The van der Waals surface area contributed by atoms with E-state index < -0.39 is 0 Å². The second kappa shape index (κ2) is 17.9. The van der Waals surface area contributed by atoms with Gasteiger partial charge in [0.1, 0.15) is 0 Å². The van der Waals surface area contributed by atoms with Gasteiger partial charge in [-0.15, -0.1) is 5.73 Å². The Morgan fingerprint density at radius 2 is 0.640 bits per heavy atom. The molecule has 4 aliphatic carbocycles. The van der Waals surface area contributed by atoms with Crippen molar-refractivity contribution in [2.45, 2.75) is 0 Å². The van der Waals surface area contributed by atoms with Crippen LogP contribution < -0.4 is 0 Å². The van der Waals surface area contributed by atoms with Crippen LogP contribution >= 0.6 is 0 Å². The van der Waals surface area contributed by atoms with Gasteiger partial charge >= 0.3 is 0 Å². The molecule has 0 aromatic rings. The molecule has 0 N–H and O–H groups in total. The minimum absolute atomic E-state index is 0. The third-order valence-electron chi connectivity index (χ3n) is 2.99. The molecule has 0 bridgehead atoms. The van der Waals surface area contributed by atoms with Crippen molar-refractivity contribution >= 4 is 0 Å². The summed E-state index contributed by atoms with van der Waals surface area (Å²) in [5.41, 5.74) is 3.14. The van der Waals surface area contributed by atoms with Gasteiger partial charge in [0.05, 0.1) is 0 Å². The molecule has 128 valence electrons. The average Bonchev–Trinajstić information content (AvgIpc) is 3.39. The van der Waals surface area contributed by atoms with Gasteiger partial charge in [-0.3, -0.25) is 0 Å². The first-order valence-electron chi connectivity index (χ1n) is 7.64. The summed E-state index contributed by atoms with van der Waals surface area (Å²) < 4.78 is 0. The number of hydrogen-bond acceptors (Lipinski definition) is 0. The van der Waals surface area contributed by atoms with Crippen LogP contribution in [0.4, 0.5) is 0 Å². The van der Waals surface area contributed by atoms with E-state index in [1.165, 1.54) is 11.8 Å². The summed E-state index contributed by atoms with van der Waals surface area (Å²) in [5.74, 6) is 2.39. The van der Waals surface area contributed by atoms with E-state index in [1.807, 2.05) is 102 Å². The van der Waals surface area contributed by atoms with Crippen LogP contribution in [0.2, 0.25) is 0 Å². The molecule has 25 heavy (non-hydrogen) atoms. The molecule has 0 heterocycles. The molecule has 4 aliphatic rings. The predicted molar refractivity (Wildman–Crippen MR) is 96.5 cm³/mol. The molecule has 0 atom stereocenters. The van der Waals surface area contributed by atoms with E-state index in [4.69, 9.17) is 0 Å². The number of hydrogen-bond donors (Lipinski definition) is 0. The Hall–Kier alpha value is 0.559. The summed E-state index contributed by atoms with van der Waals surface area (Å²) in [6, 6.07) is 0. The molecule has 0 aliphatic heterocycles. The Labute approximate surface area is 179 Å². The van der Waals surface area contributed by atoms with Gasteiger partial charge < -0.3 is 0 Å². The van der Waals surface area contributed by atoms with E-state index in [0.29, 0.717) is 0 Å². The van der Waals surface area contributed by atoms with Crippen LogP contribution in [0.5, 0.6) is 0 Å². The maximum Gasteiger partial charge on any atom is 0.0128 e. The predicted octanol–water partition coefficient (Wildman–Crippen LogP) is 4.55. The molecular weight excluding hydrogens is 388 g/mol. The minimum Gasteiger partial charge on any atom is -0.128 e. The van der Waals surface area contributed by atoms with Crippen LogP contribution in [0.25, 0.3) is 0 Å². The summed E-state index contributed by atoms with van der Waals surface area (Å²) in [6.07, 6.45) is 40.3. The SMILES string of the molecule is C(=C[C]1[CH][CH][CH][CH]1)=C[C]1[CH][CH][CH][CH]1.[CH]1[CH][CH][CH][CH]1.[CH]1[CH][CH][CH][CH]1.[Fe].[Fe]. The van der Waals surface area contributed by atoms with Gasteiger partial charge in [0.15, 0.2) is 0 Å².